The van der Waals surface area contributed by atoms with Crippen LogP contribution in [-0.2, 0) is 7.05 Å². The molecule has 2 aromatic rings. The molecule has 0 bridgehead atoms. The Labute approximate surface area is 93.2 Å². The van der Waals surface area contributed by atoms with E-state index in [9.17, 15) is 4.79 Å². The Bertz CT molecular complexity index is 514. The number of hydrogen-bond acceptors (Lipinski definition) is 3. The molecule has 0 spiro atoms. The molecule has 0 unspecified atom stereocenters. The van der Waals surface area contributed by atoms with Gasteiger partial charge in [0.05, 0.1) is 6.20 Å². The molecule has 0 amide bonds. The van der Waals surface area contributed by atoms with Crippen molar-refractivity contribution >= 4 is 11.9 Å². The average molecular weight is 213 g/mol. The summed E-state index contributed by atoms with van der Waals surface area (Å²) in [7, 11) is 1.83. The van der Waals surface area contributed by atoms with E-state index in [1.54, 1.807) is 41.5 Å². The molecule has 0 saturated heterocycles. The Hall–Kier alpha value is -2.23. The number of pyridine rings is 1. The van der Waals surface area contributed by atoms with Gasteiger partial charge in [-0.2, -0.15) is 5.10 Å². The zero-order valence-electron chi connectivity index (χ0n) is 8.87. The highest BCUT2D eigenvalue weighted by molar-refractivity contribution is 6.06. The van der Waals surface area contributed by atoms with Gasteiger partial charge in [0.25, 0.3) is 0 Å². The summed E-state index contributed by atoms with van der Waals surface area (Å²) in [4.78, 5) is 15.6. The third-order valence-electron chi connectivity index (χ3n) is 2.10. The number of carbonyl (C=O) groups is 1. The summed E-state index contributed by atoms with van der Waals surface area (Å²) >= 11 is 0. The standard InChI is InChI=1S/C12H11N3O/c1-15-9-10(7-14-15)4-5-12(16)11-3-2-6-13-8-11/h2-9H,1H3/b5-4+. The lowest BCUT2D eigenvalue weighted by Crippen LogP contribution is -1.93. The summed E-state index contributed by atoms with van der Waals surface area (Å²) in [6, 6.07) is 3.48. The summed E-state index contributed by atoms with van der Waals surface area (Å²) in [5.74, 6) is -0.0584. The number of carbonyl (C=O) groups excluding carboxylic acids is 1. The first kappa shape index (κ1) is 10.3. The molecule has 2 rings (SSSR count). The van der Waals surface area contributed by atoms with Gasteiger partial charge in [0.1, 0.15) is 0 Å². The van der Waals surface area contributed by atoms with Crippen LogP contribution in [0.1, 0.15) is 15.9 Å². The van der Waals surface area contributed by atoms with Crippen LogP contribution in [0.5, 0.6) is 0 Å². The highest BCUT2D eigenvalue weighted by Gasteiger charge is 2.00. The molecule has 0 aromatic carbocycles. The Morgan fingerprint density at radius 1 is 1.44 bits per heavy atom. The maximum Gasteiger partial charge on any atom is 0.187 e. The molecule has 0 atom stereocenters. The van der Waals surface area contributed by atoms with Crippen LogP contribution in [0.25, 0.3) is 6.08 Å². The molecule has 0 aliphatic carbocycles. The third kappa shape index (κ3) is 2.42. The smallest absolute Gasteiger partial charge is 0.187 e. The summed E-state index contributed by atoms with van der Waals surface area (Å²) in [5.41, 5.74) is 1.49. The molecule has 4 heteroatoms. The minimum absolute atomic E-state index is 0.0584. The molecule has 0 saturated carbocycles. The fourth-order valence-electron chi connectivity index (χ4n) is 1.30. The largest absolute Gasteiger partial charge is 0.289 e. The van der Waals surface area contributed by atoms with Crippen LogP contribution in [0.15, 0.2) is 43.0 Å². The molecule has 0 N–H and O–H groups in total. The van der Waals surface area contributed by atoms with E-state index in [0.29, 0.717) is 5.56 Å². The van der Waals surface area contributed by atoms with Crippen molar-refractivity contribution in [3.05, 3.63) is 54.1 Å². The number of rotatable bonds is 3. The van der Waals surface area contributed by atoms with Crippen LogP contribution < -0.4 is 0 Å². The van der Waals surface area contributed by atoms with Gasteiger partial charge in [-0.3, -0.25) is 14.5 Å². The molecule has 2 heterocycles. The van der Waals surface area contributed by atoms with Crippen LogP contribution in [0.2, 0.25) is 0 Å². The maximum atomic E-state index is 11.7. The number of allylic oxidation sites excluding steroid dienone is 1. The van der Waals surface area contributed by atoms with Gasteiger partial charge in [0.2, 0.25) is 0 Å². The fourth-order valence-corrected chi connectivity index (χ4v) is 1.30. The van der Waals surface area contributed by atoms with Gasteiger partial charge in [0.15, 0.2) is 5.78 Å². The molecule has 0 radical (unpaired) electrons. The molecule has 0 aliphatic heterocycles. The number of ketones is 1. The first-order chi connectivity index (χ1) is 7.75. The first-order valence-electron chi connectivity index (χ1n) is 4.87. The van der Waals surface area contributed by atoms with Gasteiger partial charge in [-0.1, -0.05) is 0 Å². The van der Waals surface area contributed by atoms with Gasteiger partial charge >= 0.3 is 0 Å². The number of nitrogens with zero attached hydrogens (tertiary/aromatic N) is 3. The highest BCUT2D eigenvalue weighted by atomic mass is 16.1. The summed E-state index contributed by atoms with van der Waals surface area (Å²) < 4.78 is 1.69. The van der Waals surface area contributed by atoms with Gasteiger partial charge in [-0.25, -0.2) is 0 Å². The lowest BCUT2D eigenvalue weighted by molar-refractivity contribution is 0.104. The molecule has 2 aromatic heterocycles. The van der Waals surface area contributed by atoms with Crippen LogP contribution >= 0.6 is 0 Å². The van der Waals surface area contributed by atoms with Crippen LogP contribution in [-0.4, -0.2) is 20.5 Å². The van der Waals surface area contributed by atoms with Crippen LogP contribution in [0, 0.1) is 0 Å². The second-order valence-electron chi connectivity index (χ2n) is 3.39. The second-order valence-corrected chi connectivity index (χ2v) is 3.39. The Morgan fingerprint density at radius 3 is 2.94 bits per heavy atom. The van der Waals surface area contributed by atoms with E-state index in [4.69, 9.17) is 0 Å². The molecule has 16 heavy (non-hydrogen) atoms. The molecule has 4 nitrogen and oxygen atoms in total. The van der Waals surface area contributed by atoms with E-state index in [0.717, 1.165) is 5.56 Å². The minimum Gasteiger partial charge on any atom is -0.289 e. The Morgan fingerprint density at radius 2 is 2.31 bits per heavy atom. The predicted octanol–water partition coefficient (Wildman–Crippen LogP) is 1.71. The van der Waals surface area contributed by atoms with Crippen molar-refractivity contribution in [1.82, 2.24) is 14.8 Å². The Balaban J connectivity index is 2.11. The third-order valence-corrected chi connectivity index (χ3v) is 2.10. The number of aromatic nitrogens is 3. The molecule has 0 aliphatic rings. The van der Waals surface area contributed by atoms with Crippen molar-refractivity contribution in [2.24, 2.45) is 7.05 Å². The maximum absolute atomic E-state index is 11.7. The topological polar surface area (TPSA) is 47.8 Å². The van der Waals surface area contributed by atoms with E-state index in [1.165, 1.54) is 6.08 Å². The van der Waals surface area contributed by atoms with Crippen molar-refractivity contribution < 1.29 is 4.79 Å². The normalized spacial score (nSPS) is 10.8. The molecular weight excluding hydrogens is 202 g/mol. The van der Waals surface area contributed by atoms with Gasteiger partial charge < -0.3 is 0 Å². The zero-order chi connectivity index (χ0) is 11.4. The summed E-state index contributed by atoms with van der Waals surface area (Å²) in [5, 5.41) is 4.01. The van der Waals surface area contributed by atoms with E-state index < -0.39 is 0 Å². The van der Waals surface area contributed by atoms with Gasteiger partial charge in [0, 0.05) is 36.8 Å². The van der Waals surface area contributed by atoms with Crippen molar-refractivity contribution in [2.75, 3.05) is 0 Å². The van der Waals surface area contributed by atoms with Gasteiger partial charge in [-0.15, -0.1) is 0 Å². The second kappa shape index (κ2) is 4.53. The van der Waals surface area contributed by atoms with Crippen LogP contribution in [0.3, 0.4) is 0 Å². The van der Waals surface area contributed by atoms with Crippen molar-refractivity contribution in [2.45, 2.75) is 0 Å². The average Bonchev–Trinajstić information content (AvgIpc) is 2.73. The van der Waals surface area contributed by atoms with E-state index in [2.05, 4.69) is 10.1 Å². The number of hydrogen-bond donors (Lipinski definition) is 0. The lowest BCUT2D eigenvalue weighted by Gasteiger charge is -1.92. The monoisotopic (exact) mass is 213 g/mol. The fraction of sp³-hybridized carbons (Fsp3) is 0.0833. The van der Waals surface area contributed by atoms with Crippen molar-refractivity contribution in [3.63, 3.8) is 0 Å². The molecule has 80 valence electrons. The quantitative estimate of drug-likeness (QED) is 0.576. The highest BCUT2D eigenvalue weighted by Crippen LogP contribution is 2.03. The summed E-state index contributed by atoms with van der Waals surface area (Å²) in [6.45, 7) is 0. The van der Waals surface area contributed by atoms with Crippen molar-refractivity contribution in [3.8, 4) is 0 Å². The SMILES string of the molecule is Cn1cc(/C=C/C(=O)c2cccnc2)cn1. The van der Waals surface area contributed by atoms with Crippen LogP contribution in [0.4, 0.5) is 0 Å². The molecule has 0 fully saturated rings. The lowest BCUT2D eigenvalue weighted by atomic mass is 10.1. The van der Waals surface area contributed by atoms with Gasteiger partial charge in [-0.05, 0) is 24.3 Å². The van der Waals surface area contributed by atoms with Crippen molar-refractivity contribution in [1.29, 1.82) is 0 Å². The van der Waals surface area contributed by atoms with E-state index >= 15 is 0 Å². The Kier molecular flexibility index (Phi) is 2.91. The minimum atomic E-state index is -0.0584. The van der Waals surface area contributed by atoms with E-state index in [-0.39, 0.29) is 5.78 Å². The first-order valence-corrected chi connectivity index (χ1v) is 4.87. The zero-order valence-corrected chi connectivity index (χ0v) is 8.87. The van der Waals surface area contributed by atoms with E-state index in [1.807, 2.05) is 13.2 Å². The summed E-state index contributed by atoms with van der Waals surface area (Å²) in [6.07, 6.45) is 9.99. The molecular formula is C12H11N3O. The predicted molar refractivity (Wildman–Crippen MR) is 60.8 cm³/mol. The number of aryl methyl sites for hydroxylation is 1.